The van der Waals surface area contributed by atoms with Crippen LogP contribution in [-0.2, 0) is 6.42 Å². The molecule has 4 nitrogen and oxygen atoms in total. The molecule has 0 aliphatic rings. The third-order valence-corrected chi connectivity index (χ3v) is 4.98. The predicted octanol–water partition coefficient (Wildman–Crippen LogP) is 4.96. The predicted molar refractivity (Wildman–Crippen MR) is 118 cm³/mol. The van der Waals surface area contributed by atoms with Crippen molar-refractivity contribution in [1.29, 1.82) is 0 Å². The number of amides is 1. The highest BCUT2D eigenvalue weighted by atomic mass is 127. The Kier molecular flexibility index (Phi) is 6.11. The Labute approximate surface area is 172 Å². The SMILES string of the molecule is CCCc1c(C(=O)Nc2ccccc2)c(=O)cc(C)n1-c1cccc(I)c1. The first-order valence-electron chi connectivity index (χ1n) is 8.89. The van der Waals surface area contributed by atoms with Gasteiger partial charge in [-0.1, -0.05) is 37.6 Å². The monoisotopic (exact) mass is 472 g/mol. The highest BCUT2D eigenvalue weighted by Crippen LogP contribution is 2.21. The molecular weight excluding hydrogens is 451 g/mol. The van der Waals surface area contributed by atoms with Gasteiger partial charge in [0.1, 0.15) is 5.56 Å². The number of pyridine rings is 1. The van der Waals surface area contributed by atoms with E-state index in [9.17, 15) is 9.59 Å². The van der Waals surface area contributed by atoms with E-state index in [1.165, 1.54) is 0 Å². The molecule has 0 radical (unpaired) electrons. The Bertz CT molecular complexity index is 1030. The number of nitrogens with zero attached hydrogens (tertiary/aromatic N) is 1. The van der Waals surface area contributed by atoms with Crippen molar-refractivity contribution >= 4 is 34.2 Å². The van der Waals surface area contributed by atoms with Crippen LogP contribution in [-0.4, -0.2) is 10.5 Å². The van der Waals surface area contributed by atoms with Crippen LogP contribution in [0.25, 0.3) is 5.69 Å². The second-order valence-corrected chi connectivity index (χ2v) is 7.60. The molecule has 0 fully saturated rings. The molecule has 0 atom stereocenters. The number of aryl methyl sites for hydroxylation is 1. The molecule has 0 saturated carbocycles. The van der Waals surface area contributed by atoms with Crippen LogP contribution in [0.15, 0.2) is 65.5 Å². The molecule has 5 heteroatoms. The van der Waals surface area contributed by atoms with Crippen molar-refractivity contribution in [3.63, 3.8) is 0 Å². The molecule has 0 aliphatic heterocycles. The summed E-state index contributed by atoms with van der Waals surface area (Å²) in [4.78, 5) is 25.7. The Morgan fingerprint density at radius 1 is 1.07 bits per heavy atom. The first-order valence-corrected chi connectivity index (χ1v) is 9.97. The van der Waals surface area contributed by atoms with Gasteiger partial charge in [0.2, 0.25) is 0 Å². The zero-order valence-electron chi connectivity index (χ0n) is 15.3. The minimum Gasteiger partial charge on any atom is -0.322 e. The van der Waals surface area contributed by atoms with E-state index in [4.69, 9.17) is 0 Å². The molecule has 3 rings (SSSR count). The van der Waals surface area contributed by atoms with Crippen LogP contribution in [0.5, 0.6) is 0 Å². The first-order chi connectivity index (χ1) is 13.0. The van der Waals surface area contributed by atoms with Gasteiger partial charge in [-0.15, -0.1) is 0 Å². The molecule has 0 saturated heterocycles. The number of benzene rings is 2. The van der Waals surface area contributed by atoms with Gasteiger partial charge in [0.25, 0.3) is 5.91 Å². The lowest BCUT2D eigenvalue weighted by Crippen LogP contribution is -2.28. The summed E-state index contributed by atoms with van der Waals surface area (Å²) in [6.45, 7) is 3.95. The lowest BCUT2D eigenvalue weighted by molar-refractivity contribution is 0.102. The fourth-order valence-corrected chi connectivity index (χ4v) is 3.73. The highest BCUT2D eigenvalue weighted by molar-refractivity contribution is 14.1. The summed E-state index contributed by atoms with van der Waals surface area (Å²) in [5.74, 6) is -0.367. The molecule has 0 spiro atoms. The molecule has 2 aromatic carbocycles. The molecule has 1 N–H and O–H groups in total. The van der Waals surface area contributed by atoms with Gasteiger partial charge in [0.15, 0.2) is 5.43 Å². The Balaban J connectivity index is 2.17. The summed E-state index contributed by atoms with van der Waals surface area (Å²) in [6.07, 6.45) is 1.47. The number of aromatic nitrogens is 1. The molecule has 0 aliphatic carbocycles. The standard InChI is InChI=1S/C22H21IN2O2/c1-3-8-19-21(22(27)24-17-10-5-4-6-11-17)20(26)13-15(2)25(19)18-12-7-9-16(23)14-18/h4-7,9-14H,3,8H2,1-2H3,(H,24,27). The summed E-state index contributed by atoms with van der Waals surface area (Å²) < 4.78 is 3.12. The fraction of sp³-hybridized carbons (Fsp3) is 0.182. The van der Waals surface area contributed by atoms with E-state index < -0.39 is 0 Å². The maximum atomic E-state index is 13.0. The lowest BCUT2D eigenvalue weighted by atomic mass is 10.1. The molecule has 1 heterocycles. The zero-order valence-corrected chi connectivity index (χ0v) is 17.5. The van der Waals surface area contributed by atoms with Crippen LogP contribution in [0, 0.1) is 10.5 Å². The van der Waals surface area contributed by atoms with E-state index in [2.05, 4.69) is 34.0 Å². The number of carbonyl (C=O) groups is 1. The van der Waals surface area contributed by atoms with Crippen molar-refractivity contribution in [2.24, 2.45) is 0 Å². The van der Waals surface area contributed by atoms with Gasteiger partial charge in [0.05, 0.1) is 0 Å². The van der Waals surface area contributed by atoms with Gasteiger partial charge < -0.3 is 9.88 Å². The number of carbonyl (C=O) groups excluding carboxylic acids is 1. The van der Waals surface area contributed by atoms with Gasteiger partial charge in [-0.2, -0.15) is 0 Å². The van der Waals surface area contributed by atoms with Crippen LogP contribution >= 0.6 is 22.6 Å². The number of hydrogen-bond donors (Lipinski definition) is 1. The van der Waals surface area contributed by atoms with Crippen LogP contribution < -0.4 is 10.7 Å². The van der Waals surface area contributed by atoms with Gasteiger partial charge in [0, 0.05) is 32.4 Å². The molecule has 138 valence electrons. The van der Waals surface area contributed by atoms with Gasteiger partial charge in [-0.05, 0) is 66.3 Å². The van der Waals surface area contributed by atoms with Crippen molar-refractivity contribution in [1.82, 2.24) is 4.57 Å². The minimum atomic E-state index is -0.367. The molecular formula is C22H21IN2O2. The maximum Gasteiger partial charge on any atom is 0.261 e. The van der Waals surface area contributed by atoms with Crippen LogP contribution in [0.2, 0.25) is 0 Å². The van der Waals surface area contributed by atoms with E-state index >= 15 is 0 Å². The van der Waals surface area contributed by atoms with Crippen molar-refractivity contribution in [3.05, 3.63) is 91.4 Å². The van der Waals surface area contributed by atoms with Crippen LogP contribution in [0.4, 0.5) is 5.69 Å². The van der Waals surface area contributed by atoms with Crippen molar-refractivity contribution < 1.29 is 4.79 Å². The topological polar surface area (TPSA) is 51.1 Å². The summed E-state index contributed by atoms with van der Waals surface area (Å²) in [7, 11) is 0. The number of anilines is 1. The Morgan fingerprint density at radius 3 is 2.48 bits per heavy atom. The second-order valence-electron chi connectivity index (χ2n) is 6.36. The second kappa shape index (κ2) is 8.52. The number of nitrogens with one attached hydrogen (secondary N) is 1. The average Bonchev–Trinajstić information content (AvgIpc) is 2.62. The van der Waals surface area contributed by atoms with E-state index in [0.717, 1.165) is 27.1 Å². The summed E-state index contributed by atoms with van der Waals surface area (Å²) in [6, 6.07) is 18.8. The highest BCUT2D eigenvalue weighted by Gasteiger charge is 2.20. The van der Waals surface area contributed by atoms with E-state index in [-0.39, 0.29) is 16.9 Å². The molecule has 0 bridgehead atoms. The van der Waals surface area contributed by atoms with Gasteiger partial charge in [-0.25, -0.2) is 0 Å². The minimum absolute atomic E-state index is 0.213. The lowest BCUT2D eigenvalue weighted by Gasteiger charge is -2.20. The quantitative estimate of drug-likeness (QED) is 0.534. The van der Waals surface area contributed by atoms with Crippen molar-refractivity contribution in [2.45, 2.75) is 26.7 Å². The Morgan fingerprint density at radius 2 is 1.81 bits per heavy atom. The van der Waals surface area contributed by atoms with Crippen LogP contribution in [0.3, 0.4) is 0 Å². The van der Waals surface area contributed by atoms with Crippen molar-refractivity contribution in [3.8, 4) is 5.69 Å². The largest absolute Gasteiger partial charge is 0.322 e. The van der Waals surface area contributed by atoms with Gasteiger partial charge in [-0.3, -0.25) is 9.59 Å². The van der Waals surface area contributed by atoms with Crippen LogP contribution in [0.1, 0.15) is 35.1 Å². The summed E-state index contributed by atoms with van der Waals surface area (Å²) in [5.41, 5.74) is 3.17. The van der Waals surface area contributed by atoms with Gasteiger partial charge >= 0.3 is 0 Å². The summed E-state index contributed by atoms with van der Waals surface area (Å²) >= 11 is 2.27. The zero-order chi connectivity index (χ0) is 19.4. The Hall–Kier alpha value is -2.41. The van der Waals surface area contributed by atoms with E-state index in [0.29, 0.717) is 12.1 Å². The molecule has 3 aromatic rings. The molecule has 0 unspecified atom stereocenters. The van der Waals surface area contributed by atoms with E-state index in [1.54, 1.807) is 6.07 Å². The van der Waals surface area contributed by atoms with Crippen molar-refractivity contribution in [2.75, 3.05) is 5.32 Å². The summed E-state index contributed by atoms with van der Waals surface area (Å²) in [5, 5.41) is 2.85. The molecule has 27 heavy (non-hydrogen) atoms. The number of para-hydroxylation sites is 1. The number of rotatable bonds is 5. The fourth-order valence-electron chi connectivity index (χ4n) is 3.20. The molecule has 1 aromatic heterocycles. The third-order valence-electron chi connectivity index (χ3n) is 4.31. The smallest absolute Gasteiger partial charge is 0.261 e. The molecule has 1 amide bonds. The first kappa shape index (κ1) is 19.4. The number of hydrogen-bond acceptors (Lipinski definition) is 2. The maximum absolute atomic E-state index is 13.0. The van der Waals surface area contributed by atoms with E-state index in [1.807, 2.05) is 66.9 Å². The normalized spacial score (nSPS) is 10.6. The third kappa shape index (κ3) is 4.30. The average molecular weight is 472 g/mol. The number of halogens is 1.